The van der Waals surface area contributed by atoms with Gasteiger partial charge in [0.1, 0.15) is 5.54 Å². The number of halogens is 1. The average Bonchev–Trinajstić information content (AvgIpc) is 3.28. The number of imide groups is 1. The molecule has 2 aliphatic rings. The second-order valence-corrected chi connectivity index (χ2v) is 9.18. The summed E-state index contributed by atoms with van der Waals surface area (Å²) in [4.78, 5) is 40.9. The van der Waals surface area contributed by atoms with E-state index in [1.54, 1.807) is 6.07 Å². The lowest BCUT2D eigenvalue weighted by molar-refractivity contribution is -0.154. The third-order valence-electron chi connectivity index (χ3n) is 6.07. The van der Waals surface area contributed by atoms with Crippen LogP contribution in [0.5, 0.6) is 0 Å². The predicted octanol–water partition coefficient (Wildman–Crippen LogP) is 3.32. The summed E-state index contributed by atoms with van der Waals surface area (Å²) in [7, 11) is 0. The number of carbonyl (C=O) groups excluding carboxylic acids is 2. The van der Waals surface area contributed by atoms with Gasteiger partial charge in [-0.3, -0.25) is 24.6 Å². The van der Waals surface area contributed by atoms with Crippen LogP contribution in [0, 0.1) is 17.8 Å². The molecule has 8 heteroatoms. The van der Waals surface area contributed by atoms with Crippen molar-refractivity contribution >= 4 is 40.7 Å². The number of hydrogen-bond donors (Lipinski definition) is 2. The van der Waals surface area contributed by atoms with Crippen molar-refractivity contribution < 1.29 is 19.5 Å². The SMILES string of the molecule is CCCCN1C(=O)C2C(c3ccc(Cl)s3)NC(C(=O)O)(C(C)CC)C2C1=O. The predicted molar refractivity (Wildman–Crippen MR) is 104 cm³/mol. The molecule has 0 aliphatic carbocycles. The van der Waals surface area contributed by atoms with Crippen molar-refractivity contribution in [2.45, 2.75) is 51.6 Å². The molecule has 6 nitrogen and oxygen atoms in total. The third kappa shape index (κ3) is 3.00. The number of nitrogens with one attached hydrogen (secondary N) is 1. The molecule has 0 spiro atoms. The molecule has 1 aromatic heterocycles. The number of fused-ring (bicyclic) bond motifs is 1. The van der Waals surface area contributed by atoms with Gasteiger partial charge in [0.2, 0.25) is 11.8 Å². The molecule has 3 rings (SSSR count). The lowest BCUT2D eigenvalue weighted by Gasteiger charge is -2.36. The van der Waals surface area contributed by atoms with Crippen LogP contribution in [0.15, 0.2) is 12.1 Å². The first kappa shape index (κ1) is 20.3. The van der Waals surface area contributed by atoms with Crippen molar-refractivity contribution in [3.63, 3.8) is 0 Å². The molecule has 0 bridgehead atoms. The number of rotatable bonds is 7. The van der Waals surface area contributed by atoms with E-state index in [1.807, 2.05) is 26.8 Å². The summed E-state index contributed by atoms with van der Waals surface area (Å²) in [5, 5.41) is 13.4. The van der Waals surface area contributed by atoms with Gasteiger partial charge in [-0.15, -0.1) is 11.3 Å². The standard InChI is InChI=1S/C19H25ClN2O4S/c1-4-6-9-22-16(23)13-14(17(22)24)19(18(25)26,10(3)5-2)21-15(13)11-7-8-12(20)27-11/h7-8,10,13-15,21H,4-6,9H2,1-3H3,(H,25,26). The zero-order valence-corrected chi connectivity index (χ0v) is 17.3. The normalized spacial score (nSPS) is 31.4. The molecule has 1 aromatic rings. The smallest absolute Gasteiger partial charge is 0.325 e. The van der Waals surface area contributed by atoms with E-state index in [2.05, 4.69) is 5.32 Å². The maximum atomic E-state index is 13.2. The first-order valence-electron chi connectivity index (χ1n) is 9.41. The van der Waals surface area contributed by atoms with Crippen LogP contribution < -0.4 is 5.32 Å². The van der Waals surface area contributed by atoms with Crippen molar-refractivity contribution in [2.24, 2.45) is 17.8 Å². The maximum absolute atomic E-state index is 13.2. The van der Waals surface area contributed by atoms with E-state index in [4.69, 9.17) is 11.6 Å². The van der Waals surface area contributed by atoms with Crippen LogP contribution in [0.4, 0.5) is 0 Å². The Hall–Kier alpha value is -1.44. The summed E-state index contributed by atoms with van der Waals surface area (Å²) in [6.45, 7) is 6.06. The largest absolute Gasteiger partial charge is 0.480 e. The Morgan fingerprint density at radius 1 is 1.37 bits per heavy atom. The molecule has 0 radical (unpaired) electrons. The number of nitrogens with zero attached hydrogens (tertiary/aromatic N) is 1. The van der Waals surface area contributed by atoms with Crippen LogP contribution in [0.2, 0.25) is 4.34 Å². The number of carbonyl (C=O) groups is 3. The Bertz CT molecular complexity index is 767. The minimum absolute atomic E-state index is 0.271. The average molecular weight is 413 g/mol. The Morgan fingerprint density at radius 2 is 2.07 bits per heavy atom. The van der Waals surface area contributed by atoms with E-state index >= 15 is 0 Å². The van der Waals surface area contributed by atoms with E-state index in [-0.39, 0.29) is 17.7 Å². The lowest BCUT2D eigenvalue weighted by Crippen LogP contribution is -2.59. The van der Waals surface area contributed by atoms with Crippen molar-refractivity contribution in [1.29, 1.82) is 0 Å². The molecule has 5 unspecified atom stereocenters. The Labute approximate surface area is 167 Å². The van der Waals surface area contributed by atoms with Gasteiger partial charge in [0.05, 0.1) is 22.2 Å². The highest BCUT2D eigenvalue weighted by Crippen LogP contribution is 2.53. The number of aliphatic carboxylic acids is 1. The fourth-order valence-corrected chi connectivity index (χ4v) is 5.62. The van der Waals surface area contributed by atoms with Crippen molar-refractivity contribution in [2.75, 3.05) is 6.54 Å². The van der Waals surface area contributed by atoms with Gasteiger partial charge in [-0.2, -0.15) is 0 Å². The Kier molecular flexibility index (Phi) is 5.66. The number of hydrogen-bond acceptors (Lipinski definition) is 5. The molecular weight excluding hydrogens is 388 g/mol. The van der Waals surface area contributed by atoms with E-state index < -0.39 is 29.4 Å². The highest BCUT2D eigenvalue weighted by molar-refractivity contribution is 7.16. The number of carboxylic acid groups (broad SMARTS) is 1. The highest BCUT2D eigenvalue weighted by Gasteiger charge is 2.69. The fourth-order valence-electron chi connectivity index (χ4n) is 4.46. The molecule has 2 aliphatic heterocycles. The van der Waals surface area contributed by atoms with Crippen molar-refractivity contribution in [3.05, 3.63) is 21.3 Å². The fraction of sp³-hybridized carbons (Fsp3) is 0.632. The maximum Gasteiger partial charge on any atom is 0.325 e. The molecular formula is C19H25ClN2O4S. The molecule has 0 aromatic carbocycles. The van der Waals surface area contributed by atoms with Gasteiger partial charge in [-0.05, 0) is 24.5 Å². The summed E-state index contributed by atoms with van der Waals surface area (Å²) in [5.74, 6) is -3.64. The topological polar surface area (TPSA) is 86.7 Å². The van der Waals surface area contributed by atoms with Gasteiger partial charge in [0.15, 0.2) is 0 Å². The molecule has 2 fully saturated rings. The number of likely N-dealkylation sites (tertiary alicyclic amines) is 1. The first-order valence-corrected chi connectivity index (χ1v) is 10.6. The van der Waals surface area contributed by atoms with Crippen LogP contribution in [0.3, 0.4) is 0 Å². The van der Waals surface area contributed by atoms with Gasteiger partial charge in [0.25, 0.3) is 0 Å². The van der Waals surface area contributed by atoms with Gasteiger partial charge in [-0.1, -0.05) is 45.2 Å². The molecule has 2 N–H and O–H groups in total. The summed E-state index contributed by atoms with van der Waals surface area (Å²) >= 11 is 7.40. The third-order valence-corrected chi connectivity index (χ3v) is 7.38. The number of carboxylic acids is 1. The molecule has 2 amide bonds. The van der Waals surface area contributed by atoms with Crippen LogP contribution in [-0.2, 0) is 14.4 Å². The summed E-state index contributed by atoms with van der Waals surface area (Å²) in [6.07, 6.45) is 2.14. The number of unbranched alkanes of at least 4 members (excludes halogenated alkanes) is 1. The van der Waals surface area contributed by atoms with E-state index in [0.29, 0.717) is 23.7 Å². The van der Waals surface area contributed by atoms with Crippen LogP contribution >= 0.6 is 22.9 Å². The van der Waals surface area contributed by atoms with Gasteiger partial charge in [-0.25, -0.2) is 0 Å². The van der Waals surface area contributed by atoms with E-state index in [0.717, 1.165) is 11.3 Å². The second kappa shape index (κ2) is 7.53. The lowest BCUT2D eigenvalue weighted by atomic mass is 9.72. The van der Waals surface area contributed by atoms with Gasteiger partial charge < -0.3 is 5.11 Å². The van der Waals surface area contributed by atoms with Crippen molar-refractivity contribution in [3.8, 4) is 0 Å². The van der Waals surface area contributed by atoms with E-state index in [9.17, 15) is 19.5 Å². The van der Waals surface area contributed by atoms with E-state index in [1.165, 1.54) is 16.2 Å². The summed E-state index contributed by atoms with van der Waals surface area (Å²) < 4.78 is 0.569. The summed E-state index contributed by atoms with van der Waals surface area (Å²) in [6, 6.07) is 3.02. The molecule has 3 heterocycles. The van der Waals surface area contributed by atoms with Gasteiger partial charge >= 0.3 is 5.97 Å². The number of amides is 2. The second-order valence-electron chi connectivity index (χ2n) is 7.43. The number of thiophene rings is 1. The molecule has 0 saturated carbocycles. The van der Waals surface area contributed by atoms with Crippen LogP contribution in [0.25, 0.3) is 0 Å². The van der Waals surface area contributed by atoms with Crippen molar-refractivity contribution in [1.82, 2.24) is 10.2 Å². The minimum Gasteiger partial charge on any atom is -0.480 e. The summed E-state index contributed by atoms with van der Waals surface area (Å²) in [5.41, 5.74) is -1.46. The minimum atomic E-state index is -1.46. The molecule has 148 valence electrons. The first-order chi connectivity index (χ1) is 12.8. The van der Waals surface area contributed by atoms with Crippen LogP contribution in [0.1, 0.15) is 51.0 Å². The van der Waals surface area contributed by atoms with Crippen LogP contribution in [-0.4, -0.2) is 39.9 Å². The monoisotopic (exact) mass is 412 g/mol. The van der Waals surface area contributed by atoms with Gasteiger partial charge in [0, 0.05) is 11.4 Å². The molecule has 2 saturated heterocycles. The zero-order valence-electron chi connectivity index (χ0n) is 15.7. The quantitative estimate of drug-likeness (QED) is 0.671. The molecule has 27 heavy (non-hydrogen) atoms. The highest BCUT2D eigenvalue weighted by atomic mass is 35.5. The Balaban J connectivity index is 2.11. The molecule has 5 atom stereocenters. The zero-order chi connectivity index (χ0) is 19.9. The Morgan fingerprint density at radius 3 is 2.59 bits per heavy atom.